The van der Waals surface area contributed by atoms with E-state index in [-0.39, 0.29) is 6.42 Å². The lowest BCUT2D eigenvalue weighted by Gasteiger charge is -2.03. The predicted octanol–water partition coefficient (Wildman–Crippen LogP) is 0.0748. The molecule has 0 aromatic carbocycles. The highest BCUT2D eigenvalue weighted by Gasteiger charge is 2.14. The Morgan fingerprint density at radius 2 is 2.10 bits per heavy atom. The summed E-state index contributed by atoms with van der Waals surface area (Å²) in [7, 11) is -4.18. The van der Waals surface area contributed by atoms with Crippen molar-refractivity contribution in [1.29, 1.82) is 0 Å². The molecule has 2 N–H and O–H groups in total. The van der Waals surface area contributed by atoms with Crippen molar-refractivity contribution >= 4 is 13.6 Å². The van der Waals surface area contributed by atoms with Gasteiger partial charge in [-0.2, -0.15) is 0 Å². The molecule has 6 heteroatoms. The van der Waals surface area contributed by atoms with E-state index in [4.69, 9.17) is 9.79 Å². The van der Waals surface area contributed by atoms with Crippen molar-refractivity contribution in [2.24, 2.45) is 0 Å². The maximum atomic E-state index is 10.3. The molecular weight excluding hydrogens is 159 g/mol. The molecule has 0 spiro atoms. The van der Waals surface area contributed by atoms with Crippen LogP contribution in [0.15, 0.2) is 0 Å². The van der Waals surface area contributed by atoms with E-state index in [1.165, 1.54) is 0 Å². The van der Waals surface area contributed by atoms with Gasteiger partial charge in [0.15, 0.2) is 6.35 Å². The van der Waals surface area contributed by atoms with Crippen LogP contribution in [0.2, 0.25) is 0 Å². The molecular formula is C4H9O5P. The Bertz CT molecular complexity index is 159. The van der Waals surface area contributed by atoms with E-state index in [2.05, 4.69) is 4.74 Å². The number of esters is 1. The zero-order chi connectivity index (χ0) is 8.20. The molecule has 10 heavy (non-hydrogen) atoms. The Morgan fingerprint density at radius 3 is 2.40 bits per heavy atom. The van der Waals surface area contributed by atoms with Crippen LogP contribution in [0.25, 0.3) is 0 Å². The largest absolute Gasteiger partial charge is 0.453 e. The first-order valence-electron chi connectivity index (χ1n) is 2.66. The summed E-state index contributed by atoms with van der Waals surface area (Å²) in [6, 6.07) is 0. The molecule has 0 atom stereocenters. The summed E-state index contributed by atoms with van der Waals surface area (Å²) in [5.41, 5.74) is 0. The minimum absolute atomic E-state index is 0.125. The standard InChI is InChI=1S/C4H9O5P/c1-2-4(5)9-3-10(6,7)8/h2-3H2,1H3,(H2,6,7,8). The van der Waals surface area contributed by atoms with Gasteiger partial charge in [-0.25, -0.2) is 0 Å². The number of hydrogen-bond donors (Lipinski definition) is 2. The quantitative estimate of drug-likeness (QED) is 0.460. The van der Waals surface area contributed by atoms with Crippen molar-refractivity contribution in [2.45, 2.75) is 13.3 Å². The molecule has 0 amide bonds. The Balaban J connectivity index is 3.56. The topological polar surface area (TPSA) is 83.8 Å². The van der Waals surface area contributed by atoms with Crippen molar-refractivity contribution < 1.29 is 23.9 Å². The van der Waals surface area contributed by atoms with Crippen LogP contribution in [0.5, 0.6) is 0 Å². The SMILES string of the molecule is CCC(=O)OCP(=O)(O)O. The first-order chi connectivity index (χ1) is 4.45. The van der Waals surface area contributed by atoms with E-state index in [9.17, 15) is 9.36 Å². The Hall–Kier alpha value is -0.380. The minimum atomic E-state index is -4.18. The lowest BCUT2D eigenvalue weighted by Crippen LogP contribution is -2.03. The van der Waals surface area contributed by atoms with Crippen LogP contribution in [0, 0.1) is 0 Å². The van der Waals surface area contributed by atoms with E-state index in [1.54, 1.807) is 6.92 Å². The Morgan fingerprint density at radius 1 is 1.60 bits per heavy atom. The van der Waals surface area contributed by atoms with Crippen molar-refractivity contribution in [3.63, 3.8) is 0 Å². The number of ether oxygens (including phenoxy) is 1. The molecule has 0 bridgehead atoms. The van der Waals surface area contributed by atoms with E-state index < -0.39 is 19.9 Å². The van der Waals surface area contributed by atoms with Gasteiger partial charge in [-0.15, -0.1) is 0 Å². The van der Waals surface area contributed by atoms with Gasteiger partial charge < -0.3 is 14.5 Å². The fourth-order valence-electron chi connectivity index (χ4n) is 0.258. The van der Waals surface area contributed by atoms with Crippen molar-refractivity contribution in [3.05, 3.63) is 0 Å². The number of carbonyl (C=O) groups is 1. The Kier molecular flexibility index (Phi) is 3.57. The highest BCUT2D eigenvalue weighted by Crippen LogP contribution is 2.33. The van der Waals surface area contributed by atoms with E-state index in [0.29, 0.717) is 0 Å². The summed E-state index contributed by atoms with van der Waals surface area (Å²) in [5.74, 6) is -0.608. The summed E-state index contributed by atoms with van der Waals surface area (Å²) in [6.07, 6.45) is -0.695. The highest BCUT2D eigenvalue weighted by atomic mass is 31.2. The molecule has 0 saturated carbocycles. The maximum absolute atomic E-state index is 10.3. The number of rotatable bonds is 3. The lowest BCUT2D eigenvalue weighted by atomic mass is 10.5. The average Bonchev–Trinajstić information content (AvgIpc) is 1.81. The fourth-order valence-corrected chi connectivity index (χ4v) is 0.570. The summed E-state index contributed by atoms with van der Waals surface area (Å²) in [4.78, 5) is 26.7. The lowest BCUT2D eigenvalue weighted by molar-refractivity contribution is -0.141. The van der Waals surface area contributed by atoms with Gasteiger partial charge in [-0.1, -0.05) is 6.92 Å². The minimum Gasteiger partial charge on any atom is -0.453 e. The number of hydrogen-bond acceptors (Lipinski definition) is 3. The smallest absolute Gasteiger partial charge is 0.362 e. The molecule has 0 rings (SSSR count). The van der Waals surface area contributed by atoms with Gasteiger partial charge >= 0.3 is 13.6 Å². The summed E-state index contributed by atoms with van der Waals surface area (Å²) < 4.78 is 14.2. The van der Waals surface area contributed by atoms with Crippen LogP contribution in [0.1, 0.15) is 13.3 Å². The number of carbonyl (C=O) groups excluding carboxylic acids is 1. The van der Waals surface area contributed by atoms with E-state index in [0.717, 1.165) is 0 Å². The Labute approximate surface area is 58.2 Å². The molecule has 0 aliphatic heterocycles. The second-order valence-corrected chi connectivity index (χ2v) is 3.25. The van der Waals surface area contributed by atoms with Crippen LogP contribution in [0.3, 0.4) is 0 Å². The van der Waals surface area contributed by atoms with E-state index in [1.807, 2.05) is 0 Å². The van der Waals surface area contributed by atoms with Gasteiger partial charge in [0.2, 0.25) is 0 Å². The third kappa shape index (κ3) is 5.75. The molecule has 0 heterocycles. The second-order valence-electron chi connectivity index (χ2n) is 1.66. The van der Waals surface area contributed by atoms with E-state index >= 15 is 0 Å². The third-order valence-corrected chi connectivity index (χ3v) is 1.15. The summed E-state index contributed by atoms with van der Waals surface area (Å²) in [5, 5.41) is 0. The first-order valence-corrected chi connectivity index (χ1v) is 4.45. The first kappa shape index (κ1) is 9.62. The molecule has 0 unspecified atom stereocenters. The molecule has 0 fully saturated rings. The molecule has 0 radical (unpaired) electrons. The van der Waals surface area contributed by atoms with Crippen LogP contribution >= 0.6 is 7.60 Å². The molecule has 0 aliphatic rings. The van der Waals surface area contributed by atoms with Crippen molar-refractivity contribution in [3.8, 4) is 0 Å². The van der Waals surface area contributed by atoms with Gasteiger partial charge in [-0.05, 0) is 0 Å². The van der Waals surface area contributed by atoms with Crippen molar-refractivity contribution in [1.82, 2.24) is 0 Å². The fraction of sp³-hybridized carbons (Fsp3) is 0.750. The van der Waals surface area contributed by atoms with Gasteiger partial charge in [0.25, 0.3) is 0 Å². The monoisotopic (exact) mass is 168 g/mol. The zero-order valence-corrected chi connectivity index (χ0v) is 6.38. The average molecular weight is 168 g/mol. The van der Waals surface area contributed by atoms with Crippen molar-refractivity contribution in [2.75, 3.05) is 6.35 Å². The summed E-state index contributed by atoms with van der Waals surface area (Å²) >= 11 is 0. The van der Waals surface area contributed by atoms with Crippen LogP contribution in [-0.2, 0) is 14.1 Å². The van der Waals surface area contributed by atoms with Gasteiger partial charge in [0.1, 0.15) is 0 Å². The second kappa shape index (κ2) is 3.71. The predicted molar refractivity (Wildman–Crippen MR) is 33.3 cm³/mol. The normalized spacial score (nSPS) is 11.1. The highest BCUT2D eigenvalue weighted by molar-refractivity contribution is 7.51. The van der Waals surface area contributed by atoms with Crippen LogP contribution in [-0.4, -0.2) is 22.1 Å². The molecule has 0 aliphatic carbocycles. The zero-order valence-electron chi connectivity index (χ0n) is 5.48. The third-order valence-electron chi connectivity index (χ3n) is 0.682. The molecule has 60 valence electrons. The van der Waals surface area contributed by atoms with Crippen LogP contribution < -0.4 is 0 Å². The molecule has 0 aromatic rings. The van der Waals surface area contributed by atoms with Gasteiger partial charge in [-0.3, -0.25) is 9.36 Å². The summed E-state index contributed by atoms with van der Waals surface area (Å²) in [6.45, 7) is 1.54. The molecule has 0 aromatic heterocycles. The van der Waals surface area contributed by atoms with Gasteiger partial charge in [0, 0.05) is 6.42 Å². The maximum Gasteiger partial charge on any atom is 0.362 e. The van der Waals surface area contributed by atoms with Crippen LogP contribution in [0.4, 0.5) is 0 Å². The molecule has 0 saturated heterocycles. The molecule has 5 nitrogen and oxygen atoms in total. The van der Waals surface area contributed by atoms with Gasteiger partial charge in [0.05, 0.1) is 0 Å².